The predicted octanol–water partition coefficient (Wildman–Crippen LogP) is 3.75. The summed E-state index contributed by atoms with van der Waals surface area (Å²) in [5, 5.41) is 8.87. The Bertz CT molecular complexity index is 625. The summed E-state index contributed by atoms with van der Waals surface area (Å²) in [4.78, 5) is 6.09. The van der Waals surface area contributed by atoms with Crippen molar-refractivity contribution in [3.63, 3.8) is 0 Å². The molecule has 0 spiro atoms. The van der Waals surface area contributed by atoms with Crippen molar-refractivity contribution in [1.29, 1.82) is 0 Å². The number of rotatable bonds is 8. The van der Waals surface area contributed by atoms with Crippen molar-refractivity contribution in [3.8, 4) is 0 Å². The number of aliphatic imine (C=N–C) groups is 1. The van der Waals surface area contributed by atoms with Crippen LogP contribution in [0.15, 0.2) is 46.8 Å². The third-order valence-electron chi connectivity index (χ3n) is 3.67. The summed E-state index contributed by atoms with van der Waals surface area (Å²) >= 11 is 1.80. The molecule has 2 rings (SSSR count). The van der Waals surface area contributed by atoms with E-state index in [1.54, 1.807) is 18.4 Å². The van der Waals surface area contributed by atoms with Crippen LogP contribution in [0, 0.1) is 0 Å². The fourth-order valence-corrected chi connectivity index (χ4v) is 3.21. The van der Waals surface area contributed by atoms with E-state index in [9.17, 15) is 0 Å². The van der Waals surface area contributed by atoms with Gasteiger partial charge in [0, 0.05) is 31.0 Å². The van der Waals surface area contributed by atoms with E-state index in [4.69, 9.17) is 9.73 Å². The van der Waals surface area contributed by atoms with Gasteiger partial charge in [0.1, 0.15) is 0 Å². The average molecular weight is 346 g/mol. The number of guanidine groups is 1. The minimum absolute atomic E-state index is 0.471. The first-order valence-corrected chi connectivity index (χ1v) is 9.23. The maximum Gasteiger partial charge on any atom is 0.191 e. The van der Waals surface area contributed by atoms with Crippen molar-refractivity contribution in [3.05, 3.63) is 57.8 Å². The fourth-order valence-electron chi connectivity index (χ4n) is 2.42. The van der Waals surface area contributed by atoms with Gasteiger partial charge in [-0.3, -0.25) is 0 Å². The minimum atomic E-state index is 0.471. The molecule has 0 amide bonds. The van der Waals surface area contributed by atoms with Crippen LogP contribution in [0.3, 0.4) is 0 Å². The molecule has 0 radical (unpaired) electrons. The summed E-state index contributed by atoms with van der Waals surface area (Å²) in [6.45, 7) is 7.32. The largest absolute Gasteiger partial charge is 0.380 e. The van der Waals surface area contributed by atoms with Gasteiger partial charge in [-0.05, 0) is 29.5 Å². The molecule has 0 aliphatic rings. The molecule has 130 valence electrons. The first kappa shape index (κ1) is 18.5. The van der Waals surface area contributed by atoms with Crippen molar-refractivity contribution >= 4 is 17.3 Å². The number of nitrogens with zero attached hydrogens (tertiary/aromatic N) is 1. The number of methoxy groups -OCH3 is 1. The maximum atomic E-state index is 5.19. The highest BCUT2D eigenvalue weighted by Crippen LogP contribution is 2.19. The lowest BCUT2D eigenvalue weighted by Gasteiger charge is -2.15. The average Bonchev–Trinajstić information content (AvgIpc) is 3.12. The predicted molar refractivity (Wildman–Crippen MR) is 103 cm³/mol. The van der Waals surface area contributed by atoms with E-state index in [0.29, 0.717) is 19.1 Å². The van der Waals surface area contributed by atoms with Crippen molar-refractivity contribution in [1.82, 2.24) is 10.6 Å². The van der Waals surface area contributed by atoms with Crippen LogP contribution in [0.1, 0.15) is 35.8 Å². The Balaban J connectivity index is 1.93. The lowest BCUT2D eigenvalue weighted by atomic mass is 10.1. The monoisotopic (exact) mass is 345 g/mol. The Morgan fingerprint density at radius 3 is 2.75 bits per heavy atom. The zero-order valence-electron chi connectivity index (χ0n) is 14.7. The van der Waals surface area contributed by atoms with E-state index in [1.165, 1.54) is 16.0 Å². The van der Waals surface area contributed by atoms with Gasteiger partial charge in [-0.25, -0.2) is 4.99 Å². The van der Waals surface area contributed by atoms with Crippen LogP contribution in [0.5, 0.6) is 0 Å². The first-order chi connectivity index (χ1) is 11.7. The second-order valence-corrected chi connectivity index (χ2v) is 6.72. The van der Waals surface area contributed by atoms with Crippen molar-refractivity contribution in [2.75, 3.05) is 20.2 Å². The van der Waals surface area contributed by atoms with Crippen LogP contribution in [-0.4, -0.2) is 26.2 Å². The van der Waals surface area contributed by atoms with Gasteiger partial charge in [0.15, 0.2) is 5.96 Å². The molecule has 1 aromatic heterocycles. The highest BCUT2D eigenvalue weighted by Gasteiger charge is 2.07. The Kier molecular flexibility index (Phi) is 7.79. The first-order valence-electron chi connectivity index (χ1n) is 8.35. The zero-order chi connectivity index (χ0) is 17.2. The summed E-state index contributed by atoms with van der Waals surface area (Å²) < 4.78 is 5.19. The Hall–Kier alpha value is -1.85. The number of nitrogens with one attached hydrogen (secondary N) is 2. The molecular weight excluding hydrogens is 318 g/mol. The van der Waals surface area contributed by atoms with Crippen molar-refractivity contribution in [2.24, 2.45) is 4.99 Å². The van der Waals surface area contributed by atoms with Crippen molar-refractivity contribution < 1.29 is 4.74 Å². The highest BCUT2D eigenvalue weighted by molar-refractivity contribution is 7.10. The van der Waals surface area contributed by atoms with Gasteiger partial charge in [-0.1, -0.05) is 37.3 Å². The van der Waals surface area contributed by atoms with E-state index in [0.717, 1.165) is 19.0 Å². The van der Waals surface area contributed by atoms with Crippen LogP contribution in [-0.2, 0) is 17.9 Å². The minimum Gasteiger partial charge on any atom is -0.380 e. The Morgan fingerprint density at radius 2 is 2.04 bits per heavy atom. The standard InChI is InChI=1S/C19H27N3OS/c1-4-20-19(21-12-15(2)18-9-6-10-24-18)22-13-16-7-5-8-17(11-16)14-23-3/h5-11,15H,4,12-14H2,1-3H3,(H2,20,21,22). The molecule has 0 aliphatic heterocycles. The van der Waals surface area contributed by atoms with Gasteiger partial charge in [-0.2, -0.15) is 0 Å². The van der Waals surface area contributed by atoms with E-state index >= 15 is 0 Å². The quantitative estimate of drug-likeness (QED) is 0.566. The summed E-state index contributed by atoms with van der Waals surface area (Å²) in [6, 6.07) is 12.7. The molecule has 0 saturated carbocycles. The third kappa shape index (κ3) is 5.98. The summed E-state index contributed by atoms with van der Waals surface area (Å²) in [6.07, 6.45) is 0. The lowest BCUT2D eigenvalue weighted by Crippen LogP contribution is -2.39. The van der Waals surface area contributed by atoms with E-state index in [-0.39, 0.29) is 0 Å². The molecule has 24 heavy (non-hydrogen) atoms. The molecule has 0 fully saturated rings. The zero-order valence-corrected chi connectivity index (χ0v) is 15.5. The molecular formula is C19H27N3OS. The number of benzene rings is 1. The molecule has 2 N–H and O–H groups in total. The second-order valence-electron chi connectivity index (χ2n) is 5.75. The van der Waals surface area contributed by atoms with Crippen molar-refractivity contribution in [2.45, 2.75) is 32.9 Å². The number of hydrogen-bond acceptors (Lipinski definition) is 3. The SMILES string of the molecule is CCNC(=NCc1cccc(COC)c1)NCC(C)c1cccs1. The van der Waals surface area contributed by atoms with Crippen LogP contribution >= 0.6 is 11.3 Å². The van der Waals surface area contributed by atoms with Gasteiger partial charge >= 0.3 is 0 Å². The lowest BCUT2D eigenvalue weighted by molar-refractivity contribution is 0.185. The van der Waals surface area contributed by atoms with E-state index in [2.05, 4.69) is 66.3 Å². The molecule has 0 saturated heterocycles. The molecule has 4 nitrogen and oxygen atoms in total. The topological polar surface area (TPSA) is 45.7 Å². The number of hydrogen-bond donors (Lipinski definition) is 2. The second kappa shape index (κ2) is 10.1. The fraction of sp³-hybridized carbons (Fsp3) is 0.421. The van der Waals surface area contributed by atoms with Crippen LogP contribution in [0.4, 0.5) is 0 Å². The van der Waals surface area contributed by atoms with Gasteiger partial charge in [0.05, 0.1) is 13.2 Å². The highest BCUT2D eigenvalue weighted by atomic mass is 32.1. The van der Waals surface area contributed by atoms with Crippen LogP contribution < -0.4 is 10.6 Å². The normalized spacial score (nSPS) is 12.9. The third-order valence-corrected chi connectivity index (χ3v) is 4.77. The summed E-state index contributed by atoms with van der Waals surface area (Å²) in [5.41, 5.74) is 2.36. The van der Waals surface area contributed by atoms with Crippen LogP contribution in [0.2, 0.25) is 0 Å². The molecule has 1 unspecified atom stereocenters. The smallest absolute Gasteiger partial charge is 0.191 e. The van der Waals surface area contributed by atoms with Gasteiger partial charge in [0.2, 0.25) is 0 Å². The summed E-state index contributed by atoms with van der Waals surface area (Å²) in [7, 11) is 1.72. The Labute approximate surface area is 149 Å². The molecule has 1 atom stereocenters. The Morgan fingerprint density at radius 1 is 1.21 bits per heavy atom. The molecule has 0 aliphatic carbocycles. The van der Waals surface area contributed by atoms with Gasteiger partial charge < -0.3 is 15.4 Å². The molecule has 1 heterocycles. The molecule has 2 aromatic rings. The number of ether oxygens (including phenoxy) is 1. The van der Waals surface area contributed by atoms with E-state index in [1.807, 2.05) is 0 Å². The summed E-state index contributed by atoms with van der Waals surface area (Å²) in [5.74, 6) is 1.33. The molecule has 0 bridgehead atoms. The van der Waals surface area contributed by atoms with Gasteiger partial charge in [-0.15, -0.1) is 11.3 Å². The van der Waals surface area contributed by atoms with E-state index < -0.39 is 0 Å². The number of thiophene rings is 1. The van der Waals surface area contributed by atoms with Crippen LogP contribution in [0.25, 0.3) is 0 Å². The molecule has 5 heteroatoms. The maximum absolute atomic E-state index is 5.19. The molecule has 1 aromatic carbocycles. The van der Waals surface area contributed by atoms with Gasteiger partial charge in [0.25, 0.3) is 0 Å².